The molecule has 2 aromatic rings. The van der Waals surface area contributed by atoms with E-state index in [4.69, 9.17) is 14.2 Å². The predicted molar refractivity (Wildman–Crippen MR) is 118 cm³/mol. The van der Waals surface area contributed by atoms with Crippen LogP contribution in [-0.4, -0.2) is 61.8 Å². The maximum Gasteiger partial charge on any atom is 0.234 e. The molecule has 1 N–H and O–H groups in total. The molecule has 2 aromatic carbocycles. The third-order valence-electron chi connectivity index (χ3n) is 5.56. The van der Waals surface area contributed by atoms with Crippen LogP contribution in [0.5, 0.6) is 17.2 Å². The Bertz CT molecular complexity index is 864. The SMILES string of the molecule is CCCOc1ccc(CNC(=O)CN2CCN(Cc3ccc4c(c3)OCO4)CC2)cc1. The summed E-state index contributed by atoms with van der Waals surface area (Å²) in [5, 5.41) is 3.02. The van der Waals surface area contributed by atoms with E-state index in [1.165, 1.54) is 5.56 Å². The van der Waals surface area contributed by atoms with Gasteiger partial charge in [-0.1, -0.05) is 25.1 Å². The first-order chi connectivity index (χ1) is 15.2. The van der Waals surface area contributed by atoms with Crippen molar-refractivity contribution in [3.05, 3.63) is 53.6 Å². The second-order valence-corrected chi connectivity index (χ2v) is 8.01. The van der Waals surface area contributed by atoms with E-state index >= 15 is 0 Å². The van der Waals surface area contributed by atoms with Crippen LogP contribution in [0, 0.1) is 0 Å². The normalized spacial score (nSPS) is 16.3. The summed E-state index contributed by atoms with van der Waals surface area (Å²) >= 11 is 0. The lowest BCUT2D eigenvalue weighted by Crippen LogP contribution is -2.49. The first-order valence-corrected chi connectivity index (χ1v) is 11.0. The minimum Gasteiger partial charge on any atom is -0.494 e. The van der Waals surface area contributed by atoms with Crippen molar-refractivity contribution in [2.75, 3.05) is 46.1 Å². The van der Waals surface area contributed by atoms with Gasteiger partial charge < -0.3 is 19.5 Å². The third-order valence-corrected chi connectivity index (χ3v) is 5.56. The van der Waals surface area contributed by atoms with Crippen molar-refractivity contribution >= 4 is 5.91 Å². The monoisotopic (exact) mass is 425 g/mol. The Labute approximate surface area is 183 Å². The molecule has 7 nitrogen and oxygen atoms in total. The number of carbonyl (C=O) groups excluding carboxylic acids is 1. The maximum absolute atomic E-state index is 12.4. The summed E-state index contributed by atoms with van der Waals surface area (Å²) in [6.07, 6.45) is 0.991. The highest BCUT2D eigenvalue weighted by molar-refractivity contribution is 5.78. The molecule has 1 amide bonds. The largest absolute Gasteiger partial charge is 0.494 e. The number of nitrogens with zero attached hydrogens (tertiary/aromatic N) is 2. The highest BCUT2D eigenvalue weighted by atomic mass is 16.7. The number of benzene rings is 2. The summed E-state index contributed by atoms with van der Waals surface area (Å²) in [4.78, 5) is 17.0. The molecule has 0 radical (unpaired) electrons. The molecule has 166 valence electrons. The molecule has 0 atom stereocenters. The van der Waals surface area contributed by atoms with E-state index in [-0.39, 0.29) is 5.91 Å². The minimum atomic E-state index is 0.0653. The zero-order chi connectivity index (χ0) is 21.5. The van der Waals surface area contributed by atoms with Gasteiger partial charge in [0.1, 0.15) is 5.75 Å². The number of piperazine rings is 1. The van der Waals surface area contributed by atoms with Crippen LogP contribution in [0.1, 0.15) is 24.5 Å². The Kier molecular flexibility index (Phi) is 7.27. The van der Waals surface area contributed by atoms with E-state index < -0.39 is 0 Å². The van der Waals surface area contributed by atoms with E-state index in [0.717, 1.165) is 68.6 Å². The van der Waals surface area contributed by atoms with Gasteiger partial charge in [0.05, 0.1) is 13.2 Å². The van der Waals surface area contributed by atoms with Gasteiger partial charge in [0, 0.05) is 39.3 Å². The van der Waals surface area contributed by atoms with Gasteiger partial charge in [-0.25, -0.2) is 0 Å². The van der Waals surface area contributed by atoms with E-state index in [1.807, 2.05) is 30.3 Å². The van der Waals surface area contributed by atoms with Crippen molar-refractivity contribution in [2.24, 2.45) is 0 Å². The molecule has 0 unspecified atom stereocenters. The van der Waals surface area contributed by atoms with Gasteiger partial charge in [-0.3, -0.25) is 14.6 Å². The van der Waals surface area contributed by atoms with E-state index in [0.29, 0.717) is 19.9 Å². The lowest BCUT2D eigenvalue weighted by Gasteiger charge is -2.34. The summed E-state index contributed by atoms with van der Waals surface area (Å²) in [6, 6.07) is 14.0. The van der Waals surface area contributed by atoms with E-state index in [2.05, 4.69) is 34.2 Å². The zero-order valence-electron chi connectivity index (χ0n) is 18.1. The van der Waals surface area contributed by atoms with Crippen molar-refractivity contribution in [1.29, 1.82) is 0 Å². The third kappa shape index (κ3) is 6.12. The summed E-state index contributed by atoms with van der Waals surface area (Å²) in [7, 11) is 0. The van der Waals surface area contributed by atoms with Crippen LogP contribution in [0.2, 0.25) is 0 Å². The Balaban J connectivity index is 1.15. The molecule has 2 aliphatic heterocycles. The second kappa shape index (κ2) is 10.5. The van der Waals surface area contributed by atoms with Crippen LogP contribution >= 0.6 is 0 Å². The topological polar surface area (TPSA) is 63.3 Å². The van der Waals surface area contributed by atoms with E-state index in [9.17, 15) is 4.79 Å². The Hall–Kier alpha value is -2.77. The first-order valence-electron chi connectivity index (χ1n) is 11.0. The zero-order valence-corrected chi connectivity index (χ0v) is 18.1. The number of nitrogens with one attached hydrogen (secondary N) is 1. The smallest absolute Gasteiger partial charge is 0.234 e. The molecular formula is C24H31N3O4. The fraction of sp³-hybridized carbons (Fsp3) is 0.458. The molecule has 4 rings (SSSR count). The highest BCUT2D eigenvalue weighted by Gasteiger charge is 2.20. The quantitative estimate of drug-likeness (QED) is 0.667. The maximum atomic E-state index is 12.4. The van der Waals surface area contributed by atoms with Crippen LogP contribution in [0.4, 0.5) is 0 Å². The average molecular weight is 426 g/mol. The summed E-state index contributed by atoms with van der Waals surface area (Å²) in [5.41, 5.74) is 2.30. The number of hydrogen-bond acceptors (Lipinski definition) is 6. The molecule has 0 bridgehead atoms. The van der Waals surface area contributed by atoms with Gasteiger partial charge in [0.25, 0.3) is 0 Å². The molecule has 0 spiro atoms. The highest BCUT2D eigenvalue weighted by Crippen LogP contribution is 2.32. The van der Waals surface area contributed by atoms with Crippen LogP contribution in [0.25, 0.3) is 0 Å². The van der Waals surface area contributed by atoms with Crippen molar-refractivity contribution in [2.45, 2.75) is 26.4 Å². The number of fused-ring (bicyclic) bond motifs is 1. The van der Waals surface area contributed by atoms with Gasteiger partial charge >= 0.3 is 0 Å². The van der Waals surface area contributed by atoms with Gasteiger partial charge in [0.15, 0.2) is 11.5 Å². The standard InChI is InChI=1S/C24H31N3O4/c1-2-13-29-21-6-3-19(4-7-21)15-25-24(28)17-27-11-9-26(10-12-27)16-20-5-8-22-23(14-20)31-18-30-22/h3-8,14H,2,9-13,15-18H2,1H3,(H,25,28). The van der Waals surface area contributed by atoms with Gasteiger partial charge in [-0.2, -0.15) is 0 Å². The Morgan fingerprint density at radius 1 is 0.968 bits per heavy atom. The van der Waals surface area contributed by atoms with Crippen LogP contribution in [0.15, 0.2) is 42.5 Å². The number of carbonyl (C=O) groups is 1. The molecule has 1 fully saturated rings. The number of rotatable bonds is 9. The number of amides is 1. The summed E-state index contributed by atoms with van der Waals surface area (Å²) in [5.74, 6) is 2.59. The van der Waals surface area contributed by atoms with Crippen LogP contribution < -0.4 is 19.5 Å². The molecule has 2 heterocycles. The molecule has 0 aliphatic carbocycles. The molecule has 0 aromatic heterocycles. The molecule has 0 saturated carbocycles. The molecular weight excluding hydrogens is 394 g/mol. The number of hydrogen-bond donors (Lipinski definition) is 1. The Morgan fingerprint density at radius 2 is 1.68 bits per heavy atom. The first kappa shape index (κ1) is 21.5. The predicted octanol–water partition coefficient (Wildman–Crippen LogP) is 2.64. The lowest BCUT2D eigenvalue weighted by molar-refractivity contribution is -0.122. The van der Waals surface area contributed by atoms with Gasteiger partial charge in [-0.15, -0.1) is 0 Å². The van der Waals surface area contributed by atoms with E-state index in [1.54, 1.807) is 0 Å². The summed E-state index contributed by atoms with van der Waals surface area (Å²) < 4.78 is 16.4. The van der Waals surface area contributed by atoms with Crippen LogP contribution in [0.3, 0.4) is 0 Å². The van der Waals surface area contributed by atoms with Crippen LogP contribution in [-0.2, 0) is 17.9 Å². The average Bonchev–Trinajstić information content (AvgIpc) is 3.26. The molecule has 2 aliphatic rings. The Morgan fingerprint density at radius 3 is 2.45 bits per heavy atom. The lowest BCUT2D eigenvalue weighted by atomic mass is 10.1. The fourth-order valence-corrected chi connectivity index (χ4v) is 3.79. The fourth-order valence-electron chi connectivity index (χ4n) is 3.79. The summed E-state index contributed by atoms with van der Waals surface area (Å²) in [6.45, 7) is 8.65. The molecule has 31 heavy (non-hydrogen) atoms. The number of ether oxygens (including phenoxy) is 3. The minimum absolute atomic E-state index is 0.0653. The van der Waals surface area contributed by atoms with Crippen molar-refractivity contribution < 1.29 is 19.0 Å². The second-order valence-electron chi connectivity index (χ2n) is 8.01. The van der Waals surface area contributed by atoms with Crippen molar-refractivity contribution in [3.63, 3.8) is 0 Å². The van der Waals surface area contributed by atoms with Gasteiger partial charge in [0.2, 0.25) is 12.7 Å². The molecule has 7 heteroatoms. The van der Waals surface area contributed by atoms with Gasteiger partial charge in [-0.05, 0) is 41.8 Å². The van der Waals surface area contributed by atoms with Crippen molar-refractivity contribution in [1.82, 2.24) is 15.1 Å². The molecule has 1 saturated heterocycles. The van der Waals surface area contributed by atoms with Crippen molar-refractivity contribution in [3.8, 4) is 17.2 Å².